The third-order valence-electron chi connectivity index (χ3n) is 9.38. The van der Waals surface area contributed by atoms with Gasteiger partial charge in [0.05, 0.1) is 33.3 Å². The summed E-state index contributed by atoms with van der Waals surface area (Å²) in [6, 6.07) is 52.4. The van der Waals surface area contributed by atoms with Gasteiger partial charge in [-0.2, -0.15) is 0 Å². The van der Waals surface area contributed by atoms with Gasteiger partial charge in [-0.25, -0.2) is 0 Å². The Morgan fingerprint density at radius 2 is 1.11 bits per heavy atom. The topological polar surface area (TPSA) is 35.6 Å². The number of fused-ring (bicyclic) bond motifs is 9. The monoisotopic (exact) mass is 586 g/mol. The highest BCUT2D eigenvalue weighted by molar-refractivity contribution is 6.27. The Morgan fingerprint density at radius 3 is 1.96 bits per heavy atom. The Hall–Kier alpha value is -6.26. The first-order valence-electron chi connectivity index (χ1n) is 15.6. The molecule has 7 aromatic carbocycles. The van der Waals surface area contributed by atoms with Gasteiger partial charge in [0.1, 0.15) is 5.52 Å². The average molecular weight is 587 g/mol. The Balaban J connectivity index is 1.43. The average Bonchev–Trinajstić information content (AvgIpc) is 3.62. The summed E-state index contributed by atoms with van der Waals surface area (Å²) >= 11 is 0. The van der Waals surface area contributed by atoms with Crippen molar-refractivity contribution in [2.45, 2.75) is 0 Å². The van der Waals surface area contributed by atoms with Gasteiger partial charge in [0.15, 0.2) is 0 Å². The first kappa shape index (κ1) is 25.1. The molecular weight excluding hydrogens is 560 g/mol. The van der Waals surface area contributed by atoms with E-state index in [4.69, 9.17) is 4.98 Å². The molecule has 214 valence electrons. The molecule has 0 N–H and O–H groups in total. The lowest BCUT2D eigenvalue weighted by Gasteiger charge is -2.12. The first-order chi connectivity index (χ1) is 22.8. The van der Waals surface area contributed by atoms with Crippen LogP contribution in [0.25, 0.3) is 87.9 Å². The summed E-state index contributed by atoms with van der Waals surface area (Å²) in [5.41, 5.74) is 11.0. The highest BCUT2D eigenvalue weighted by atomic mass is 15.0. The number of para-hydroxylation sites is 3. The van der Waals surface area contributed by atoms with E-state index in [1.54, 1.807) is 12.4 Å². The van der Waals surface area contributed by atoms with Crippen molar-refractivity contribution in [3.8, 4) is 22.5 Å². The SMILES string of the molecule is c1ccc(-c2cc3c(c4ccccc24)c2cc4c5ccccc5n(-c5cccc6nccnc56)c4cc2n3-c2ccccc2)cc1. The van der Waals surface area contributed by atoms with Gasteiger partial charge in [-0.3, -0.25) is 9.97 Å². The molecule has 0 aliphatic heterocycles. The molecule has 0 radical (unpaired) electrons. The van der Waals surface area contributed by atoms with Crippen LogP contribution >= 0.6 is 0 Å². The second-order valence-electron chi connectivity index (χ2n) is 11.8. The minimum absolute atomic E-state index is 0.880. The Morgan fingerprint density at radius 1 is 0.413 bits per heavy atom. The van der Waals surface area contributed by atoms with Crippen LogP contribution in [-0.4, -0.2) is 19.1 Å². The van der Waals surface area contributed by atoms with Gasteiger partial charge in [0.25, 0.3) is 0 Å². The van der Waals surface area contributed by atoms with Crippen molar-refractivity contribution >= 4 is 65.4 Å². The first-order valence-corrected chi connectivity index (χ1v) is 15.6. The van der Waals surface area contributed by atoms with Gasteiger partial charge in [0, 0.05) is 39.6 Å². The summed E-state index contributed by atoms with van der Waals surface area (Å²) in [6.07, 6.45) is 3.54. The van der Waals surface area contributed by atoms with E-state index in [0.29, 0.717) is 0 Å². The molecule has 0 aliphatic rings. The molecule has 0 spiro atoms. The quantitative estimate of drug-likeness (QED) is 0.206. The number of hydrogen-bond acceptors (Lipinski definition) is 2. The summed E-state index contributed by atoms with van der Waals surface area (Å²) in [7, 11) is 0. The summed E-state index contributed by atoms with van der Waals surface area (Å²) in [5.74, 6) is 0. The van der Waals surface area contributed by atoms with Crippen molar-refractivity contribution in [1.29, 1.82) is 0 Å². The Bertz CT molecular complexity index is 2790. The molecule has 0 atom stereocenters. The smallest absolute Gasteiger partial charge is 0.113 e. The zero-order chi connectivity index (χ0) is 30.2. The molecule has 0 saturated carbocycles. The van der Waals surface area contributed by atoms with E-state index in [9.17, 15) is 0 Å². The largest absolute Gasteiger partial charge is 0.309 e. The molecule has 4 nitrogen and oxygen atoms in total. The molecule has 3 heterocycles. The molecule has 0 fully saturated rings. The van der Waals surface area contributed by atoms with Crippen LogP contribution in [0.4, 0.5) is 0 Å². The number of hydrogen-bond donors (Lipinski definition) is 0. The lowest BCUT2D eigenvalue weighted by atomic mass is 9.94. The van der Waals surface area contributed by atoms with Crippen LogP contribution in [0.15, 0.2) is 158 Å². The molecule has 0 saturated heterocycles. The zero-order valence-corrected chi connectivity index (χ0v) is 24.8. The number of nitrogens with zero attached hydrogens (tertiary/aromatic N) is 4. The summed E-state index contributed by atoms with van der Waals surface area (Å²) in [4.78, 5) is 9.42. The lowest BCUT2D eigenvalue weighted by molar-refractivity contribution is 1.16. The van der Waals surface area contributed by atoms with Gasteiger partial charge < -0.3 is 9.13 Å². The van der Waals surface area contributed by atoms with Crippen LogP contribution in [0, 0.1) is 0 Å². The van der Waals surface area contributed by atoms with Gasteiger partial charge >= 0.3 is 0 Å². The molecule has 4 heteroatoms. The summed E-state index contributed by atoms with van der Waals surface area (Å²) < 4.78 is 4.80. The van der Waals surface area contributed by atoms with Crippen molar-refractivity contribution < 1.29 is 0 Å². The highest BCUT2D eigenvalue weighted by Crippen LogP contribution is 2.44. The fourth-order valence-corrected chi connectivity index (χ4v) is 7.47. The molecule has 10 rings (SSSR count). The Labute approximate surface area is 264 Å². The van der Waals surface area contributed by atoms with Crippen LogP contribution < -0.4 is 0 Å². The maximum absolute atomic E-state index is 4.80. The van der Waals surface area contributed by atoms with Crippen molar-refractivity contribution in [1.82, 2.24) is 19.1 Å². The maximum atomic E-state index is 4.80. The predicted molar refractivity (Wildman–Crippen MR) is 191 cm³/mol. The van der Waals surface area contributed by atoms with E-state index in [2.05, 4.69) is 154 Å². The number of aromatic nitrogens is 4. The van der Waals surface area contributed by atoms with Crippen LogP contribution in [0.3, 0.4) is 0 Å². The second-order valence-corrected chi connectivity index (χ2v) is 11.8. The van der Waals surface area contributed by atoms with Crippen molar-refractivity contribution in [3.63, 3.8) is 0 Å². The molecule has 0 bridgehead atoms. The molecule has 0 amide bonds. The minimum Gasteiger partial charge on any atom is -0.309 e. The van der Waals surface area contributed by atoms with Gasteiger partial charge in [-0.05, 0) is 70.4 Å². The lowest BCUT2D eigenvalue weighted by Crippen LogP contribution is -1.98. The predicted octanol–water partition coefficient (Wildman–Crippen LogP) is 10.6. The summed E-state index contributed by atoms with van der Waals surface area (Å²) in [6.45, 7) is 0. The van der Waals surface area contributed by atoms with Crippen LogP contribution in [-0.2, 0) is 0 Å². The fourth-order valence-electron chi connectivity index (χ4n) is 7.47. The minimum atomic E-state index is 0.880. The molecule has 46 heavy (non-hydrogen) atoms. The molecule has 10 aromatic rings. The van der Waals surface area contributed by atoms with Gasteiger partial charge in [0.2, 0.25) is 0 Å². The highest BCUT2D eigenvalue weighted by Gasteiger charge is 2.22. The normalized spacial score (nSPS) is 11.9. The van der Waals surface area contributed by atoms with Crippen LogP contribution in [0.5, 0.6) is 0 Å². The third-order valence-corrected chi connectivity index (χ3v) is 9.38. The van der Waals surface area contributed by atoms with Crippen molar-refractivity contribution in [3.05, 3.63) is 158 Å². The maximum Gasteiger partial charge on any atom is 0.113 e. The van der Waals surface area contributed by atoms with Crippen molar-refractivity contribution in [2.75, 3.05) is 0 Å². The Kier molecular flexibility index (Phi) is 5.25. The second kappa shape index (κ2) is 9.62. The number of rotatable bonds is 3. The van der Waals surface area contributed by atoms with E-state index >= 15 is 0 Å². The van der Waals surface area contributed by atoms with E-state index in [1.165, 1.54) is 54.5 Å². The molecule has 3 aromatic heterocycles. The zero-order valence-electron chi connectivity index (χ0n) is 24.8. The number of benzene rings is 7. The summed E-state index contributed by atoms with van der Waals surface area (Å²) in [5, 5.41) is 7.45. The van der Waals surface area contributed by atoms with E-state index in [-0.39, 0.29) is 0 Å². The molecule has 0 unspecified atom stereocenters. The van der Waals surface area contributed by atoms with Crippen molar-refractivity contribution in [2.24, 2.45) is 0 Å². The van der Waals surface area contributed by atoms with Gasteiger partial charge in [-0.15, -0.1) is 0 Å². The van der Waals surface area contributed by atoms with E-state index in [1.807, 2.05) is 6.07 Å². The standard InChI is InChI=1S/C42H26N4/c1-3-12-27(13-4-1)32-25-40-41(31-18-8-7-16-29(31)32)34-24-33-30-17-9-10-20-36(30)46(37-21-11-19-35-42(37)44-23-22-43-35)38(33)26-39(34)45(40)28-14-5-2-6-15-28/h1-26H. The fraction of sp³-hybridized carbons (Fsp3) is 0. The van der Waals surface area contributed by atoms with Crippen LogP contribution in [0.2, 0.25) is 0 Å². The van der Waals surface area contributed by atoms with Crippen LogP contribution in [0.1, 0.15) is 0 Å². The van der Waals surface area contributed by atoms with E-state index < -0.39 is 0 Å². The molecule has 0 aliphatic carbocycles. The molecular formula is C42H26N4. The van der Waals surface area contributed by atoms with Gasteiger partial charge in [-0.1, -0.05) is 97.1 Å². The third kappa shape index (κ3) is 3.49. The van der Waals surface area contributed by atoms with E-state index in [0.717, 1.165) is 33.4 Å².